The van der Waals surface area contributed by atoms with Crippen molar-refractivity contribution >= 4 is 28.6 Å². The summed E-state index contributed by atoms with van der Waals surface area (Å²) in [5.74, 6) is 0.115. The number of fused-ring (bicyclic) bond motifs is 1. The van der Waals surface area contributed by atoms with Crippen LogP contribution in [0, 0.1) is 6.92 Å². The van der Waals surface area contributed by atoms with Gasteiger partial charge in [0.1, 0.15) is 0 Å². The van der Waals surface area contributed by atoms with Gasteiger partial charge < -0.3 is 5.32 Å². The number of unbranched alkanes of at least 4 members (excludes halogenated alkanes) is 1. The molecule has 0 radical (unpaired) electrons. The first-order valence-corrected chi connectivity index (χ1v) is 9.78. The maximum Gasteiger partial charge on any atom is 0.252 e. The molecule has 1 N–H and O–H groups in total. The van der Waals surface area contributed by atoms with Gasteiger partial charge in [-0.05, 0) is 57.4 Å². The van der Waals surface area contributed by atoms with Crippen molar-refractivity contribution < 1.29 is 4.79 Å². The van der Waals surface area contributed by atoms with E-state index in [4.69, 9.17) is 0 Å². The van der Waals surface area contributed by atoms with E-state index in [1.54, 1.807) is 22.7 Å². The summed E-state index contributed by atoms with van der Waals surface area (Å²) in [5.41, 5.74) is 3.35. The van der Waals surface area contributed by atoms with Crippen LogP contribution in [0.4, 0.5) is 0 Å². The summed E-state index contributed by atoms with van der Waals surface area (Å²) in [6.07, 6.45) is 7.82. The van der Waals surface area contributed by atoms with Crippen molar-refractivity contribution in [3.05, 3.63) is 37.5 Å². The van der Waals surface area contributed by atoms with Crippen molar-refractivity contribution in [3.8, 4) is 0 Å². The molecule has 0 aliphatic heterocycles. The van der Waals surface area contributed by atoms with Crippen molar-refractivity contribution in [1.82, 2.24) is 10.3 Å². The Balaban J connectivity index is 1.42. The average molecular weight is 335 g/mol. The average Bonchev–Trinajstić information content (AvgIpc) is 3.13. The Bertz CT molecular complexity index is 645. The van der Waals surface area contributed by atoms with Crippen LogP contribution in [0.3, 0.4) is 0 Å². The number of amides is 1. The molecular weight excluding hydrogens is 312 g/mol. The van der Waals surface area contributed by atoms with E-state index in [1.165, 1.54) is 28.3 Å². The normalized spacial score (nSPS) is 13.9. The summed E-state index contributed by atoms with van der Waals surface area (Å²) < 4.78 is 0. The first-order valence-electron chi connectivity index (χ1n) is 8.02. The predicted octanol–water partition coefficient (Wildman–Crippen LogP) is 4.14. The quantitative estimate of drug-likeness (QED) is 0.807. The maximum absolute atomic E-state index is 12.3. The Morgan fingerprint density at radius 1 is 1.23 bits per heavy atom. The second-order valence-corrected chi connectivity index (χ2v) is 7.76. The molecule has 1 aliphatic carbocycles. The fraction of sp³-hybridized carbons (Fsp3) is 0.529. The van der Waals surface area contributed by atoms with Crippen LogP contribution in [0.15, 0.2) is 10.8 Å². The molecule has 0 spiro atoms. The molecule has 0 bridgehead atoms. The highest BCUT2D eigenvalue weighted by Crippen LogP contribution is 2.30. The van der Waals surface area contributed by atoms with Crippen LogP contribution in [0.2, 0.25) is 0 Å². The number of rotatable bonds is 6. The molecule has 1 aliphatic rings. The maximum atomic E-state index is 12.3. The van der Waals surface area contributed by atoms with E-state index >= 15 is 0 Å². The minimum Gasteiger partial charge on any atom is -0.352 e. The van der Waals surface area contributed by atoms with Gasteiger partial charge in [0, 0.05) is 27.9 Å². The molecule has 0 unspecified atom stereocenters. The summed E-state index contributed by atoms with van der Waals surface area (Å²) in [5, 5.41) is 8.42. The number of aromatic nitrogens is 1. The van der Waals surface area contributed by atoms with Gasteiger partial charge in [0.2, 0.25) is 0 Å². The lowest BCUT2D eigenvalue weighted by atomic mass is 9.95. The number of hydrogen-bond acceptors (Lipinski definition) is 4. The van der Waals surface area contributed by atoms with Gasteiger partial charge in [0.15, 0.2) is 0 Å². The smallest absolute Gasteiger partial charge is 0.252 e. The molecule has 2 aromatic rings. The number of thiophene rings is 1. The molecule has 0 fully saturated rings. The van der Waals surface area contributed by atoms with Crippen LogP contribution in [-0.2, 0) is 19.3 Å². The zero-order chi connectivity index (χ0) is 15.4. The second-order valence-electron chi connectivity index (χ2n) is 5.85. The van der Waals surface area contributed by atoms with Gasteiger partial charge in [-0.3, -0.25) is 4.79 Å². The Morgan fingerprint density at radius 2 is 2.09 bits per heavy atom. The molecule has 0 atom stereocenters. The summed E-state index contributed by atoms with van der Waals surface area (Å²) in [6, 6.07) is 0. The van der Waals surface area contributed by atoms with E-state index in [9.17, 15) is 4.79 Å². The van der Waals surface area contributed by atoms with Crippen LogP contribution < -0.4 is 5.32 Å². The lowest BCUT2D eigenvalue weighted by molar-refractivity contribution is 0.0952. The summed E-state index contributed by atoms with van der Waals surface area (Å²) in [6.45, 7) is 2.79. The SMILES string of the molecule is Cc1csc(CCCCNC(=O)c2csc3c2CCCC3)n1. The molecule has 0 saturated heterocycles. The number of nitrogens with one attached hydrogen (secondary N) is 1. The third-order valence-electron chi connectivity index (χ3n) is 4.08. The summed E-state index contributed by atoms with van der Waals surface area (Å²) in [4.78, 5) is 18.2. The van der Waals surface area contributed by atoms with Gasteiger partial charge in [-0.1, -0.05) is 0 Å². The Hall–Kier alpha value is -1.20. The number of thiazole rings is 1. The van der Waals surface area contributed by atoms with Crippen molar-refractivity contribution in [2.45, 2.75) is 51.9 Å². The lowest BCUT2D eigenvalue weighted by Gasteiger charge is -2.12. The van der Waals surface area contributed by atoms with Crippen molar-refractivity contribution in [3.63, 3.8) is 0 Å². The minimum atomic E-state index is 0.115. The first-order chi connectivity index (χ1) is 10.7. The van der Waals surface area contributed by atoms with Crippen LogP contribution in [0.25, 0.3) is 0 Å². The second kappa shape index (κ2) is 7.38. The standard InChI is InChI=1S/C17H22N2OS2/c1-12-10-22-16(19-12)8-4-5-9-18-17(20)14-11-21-15-7-3-2-6-13(14)15/h10-11H,2-9H2,1H3,(H,18,20). The molecule has 22 heavy (non-hydrogen) atoms. The molecule has 0 saturated carbocycles. The zero-order valence-electron chi connectivity index (χ0n) is 13.0. The Labute approximate surface area is 139 Å². The van der Waals surface area contributed by atoms with E-state index in [-0.39, 0.29) is 5.91 Å². The fourth-order valence-electron chi connectivity index (χ4n) is 2.90. The largest absolute Gasteiger partial charge is 0.352 e. The van der Waals surface area contributed by atoms with E-state index in [0.717, 1.165) is 49.9 Å². The van der Waals surface area contributed by atoms with Gasteiger partial charge >= 0.3 is 0 Å². The molecule has 0 aromatic carbocycles. The van der Waals surface area contributed by atoms with Gasteiger partial charge in [-0.15, -0.1) is 22.7 Å². The molecule has 3 nitrogen and oxygen atoms in total. The highest BCUT2D eigenvalue weighted by molar-refractivity contribution is 7.10. The van der Waals surface area contributed by atoms with Crippen molar-refractivity contribution in [2.75, 3.05) is 6.54 Å². The van der Waals surface area contributed by atoms with Gasteiger partial charge in [0.05, 0.1) is 10.6 Å². The minimum absolute atomic E-state index is 0.115. The number of carbonyl (C=O) groups excluding carboxylic acids is 1. The van der Waals surface area contributed by atoms with Crippen LogP contribution >= 0.6 is 22.7 Å². The monoisotopic (exact) mass is 334 g/mol. The molecule has 1 amide bonds. The topological polar surface area (TPSA) is 42.0 Å². The number of nitrogens with zero attached hydrogens (tertiary/aromatic N) is 1. The van der Waals surface area contributed by atoms with Gasteiger partial charge in [-0.25, -0.2) is 4.98 Å². The molecular formula is C17H22N2OS2. The third-order valence-corrected chi connectivity index (χ3v) is 6.19. The first kappa shape index (κ1) is 15.7. The van der Waals surface area contributed by atoms with Crippen LogP contribution in [0.5, 0.6) is 0 Å². The number of carbonyl (C=O) groups is 1. The van der Waals surface area contributed by atoms with E-state index in [1.807, 2.05) is 12.3 Å². The highest BCUT2D eigenvalue weighted by atomic mass is 32.1. The molecule has 2 aromatic heterocycles. The Kier molecular flexibility index (Phi) is 5.26. The van der Waals surface area contributed by atoms with E-state index in [0.29, 0.717) is 0 Å². The summed E-state index contributed by atoms with van der Waals surface area (Å²) in [7, 11) is 0. The predicted molar refractivity (Wildman–Crippen MR) is 93.1 cm³/mol. The number of hydrogen-bond donors (Lipinski definition) is 1. The highest BCUT2D eigenvalue weighted by Gasteiger charge is 2.19. The number of aryl methyl sites for hydroxylation is 3. The molecule has 5 heteroatoms. The third kappa shape index (κ3) is 3.76. The van der Waals surface area contributed by atoms with E-state index < -0.39 is 0 Å². The molecule has 3 rings (SSSR count). The van der Waals surface area contributed by atoms with Crippen LogP contribution in [0.1, 0.15) is 57.2 Å². The molecule has 2 heterocycles. The fourth-order valence-corrected chi connectivity index (χ4v) is 4.84. The zero-order valence-corrected chi connectivity index (χ0v) is 14.6. The lowest BCUT2D eigenvalue weighted by Crippen LogP contribution is -2.25. The van der Waals surface area contributed by atoms with E-state index in [2.05, 4.69) is 15.7 Å². The van der Waals surface area contributed by atoms with Gasteiger partial charge in [-0.2, -0.15) is 0 Å². The Morgan fingerprint density at radius 3 is 2.91 bits per heavy atom. The van der Waals surface area contributed by atoms with Crippen LogP contribution in [-0.4, -0.2) is 17.4 Å². The van der Waals surface area contributed by atoms with Gasteiger partial charge in [0.25, 0.3) is 5.91 Å². The van der Waals surface area contributed by atoms with Crippen molar-refractivity contribution in [2.24, 2.45) is 0 Å². The summed E-state index contributed by atoms with van der Waals surface area (Å²) >= 11 is 3.49. The molecule has 118 valence electrons. The van der Waals surface area contributed by atoms with Crippen molar-refractivity contribution in [1.29, 1.82) is 0 Å².